The molecule has 0 spiro atoms. The average molecular weight is 297 g/mol. The highest BCUT2D eigenvalue weighted by molar-refractivity contribution is 6.34. The normalized spacial score (nSPS) is 14.8. The van der Waals surface area contributed by atoms with Crippen LogP contribution in [-0.4, -0.2) is 30.7 Å². The number of rotatable bonds is 3. The third-order valence-corrected chi connectivity index (χ3v) is 3.18. The van der Waals surface area contributed by atoms with Gasteiger partial charge in [-0.3, -0.25) is 10.3 Å². The van der Waals surface area contributed by atoms with Gasteiger partial charge >= 0.3 is 6.03 Å². The first-order valence-electron chi connectivity index (χ1n) is 6.37. The molecular weight excluding hydrogens is 280 g/mol. The number of hydrogen-bond donors (Lipinski definition) is 4. The first-order valence-corrected chi connectivity index (χ1v) is 6.75. The van der Waals surface area contributed by atoms with Crippen molar-refractivity contribution in [2.75, 3.05) is 18.9 Å². The molecule has 1 aromatic rings. The van der Waals surface area contributed by atoms with Crippen LogP contribution >= 0.6 is 11.6 Å². The van der Waals surface area contributed by atoms with Crippen LogP contribution in [0.15, 0.2) is 23.2 Å². The molecule has 20 heavy (non-hydrogen) atoms. The summed E-state index contributed by atoms with van der Waals surface area (Å²) in [6, 6.07) is 4.19. The number of amides is 2. The molecule has 0 unspecified atom stereocenters. The van der Waals surface area contributed by atoms with Crippen molar-refractivity contribution in [1.82, 2.24) is 10.6 Å². The van der Waals surface area contributed by atoms with E-state index in [1.807, 2.05) is 0 Å². The minimum atomic E-state index is -0.359. The van der Waals surface area contributed by atoms with Crippen LogP contribution in [0.1, 0.15) is 12.8 Å². The monoisotopic (exact) mass is 296 g/mol. The Bertz CT molecular complexity index is 529. The molecule has 0 atom stereocenters. The highest BCUT2D eigenvalue weighted by Gasteiger charge is 2.21. The quantitative estimate of drug-likeness (QED) is 0.392. The van der Waals surface area contributed by atoms with Gasteiger partial charge in [0, 0.05) is 19.7 Å². The smallest absolute Gasteiger partial charge is 0.321 e. The van der Waals surface area contributed by atoms with Crippen molar-refractivity contribution < 1.29 is 9.90 Å². The Morgan fingerprint density at radius 2 is 2.25 bits per heavy atom. The predicted octanol–water partition coefficient (Wildman–Crippen LogP) is 2.15. The fraction of sp³-hybridized carbons (Fsp3) is 0.385. The van der Waals surface area contributed by atoms with Gasteiger partial charge < -0.3 is 15.7 Å². The number of aliphatic imine (C=N–C) groups is 1. The number of nitrogens with one attached hydrogen (secondary N) is 3. The molecule has 0 aliphatic heterocycles. The number of carbonyl (C=O) groups excluding carboxylic acids is 1. The molecule has 0 heterocycles. The summed E-state index contributed by atoms with van der Waals surface area (Å²) in [6.45, 7) is 0.669. The highest BCUT2D eigenvalue weighted by atomic mass is 35.5. The number of urea groups is 1. The van der Waals surface area contributed by atoms with Gasteiger partial charge in [0.1, 0.15) is 5.75 Å². The molecule has 2 rings (SSSR count). The molecule has 2 amide bonds. The number of phenols is 1. The zero-order valence-corrected chi connectivity index (χ0v) is 11.9. The van der Waals surface area contributed by atoms with Crippen molar-refractivity contribution in [3.05, 3.63) is 23.2 Å². The van der Waals surface area contributed by atoms with E-state index >= 15 is 0 Å². The summed E-state index contributed by atoms with van der Waals surface area (Å²) in [6.07, 6.45) is 2.35. The van der Waals surface area contributed by atoms with E-state index in [0.29, 0.717) is 29.1 Å². The summed E-state index contributed by atoms with van der Waals surface area (Å²) in [5, 5.41) is 17.7. The molecule has 0 radical (unpaired) electrons. The number of aromatic hydroxyl groups is 1. The Hall–Kier alpha value is -1.95. The number of guanidine groups is 1. The van der Waals surface area contributed by atoms with Gasteiger partial charge in [0.25, 0.3) is 0 Å². The van der Waals surface area contributed by atoms with E-state index in [-0.39, 0.29) is 11.8 Å². The van der Waals surface area contributed by atoms with Gasteiger partial charge in [0.05, 0.1) is 10.7 Å². The van der Waals surface area contributed by atoms with Crippen LogP contribution in [0.4, 0.5) is 10.5 Å². The molecular formula is C13H17ClN4O2. The molecule has 108 valence electrons. The zero-order chi connectivity index (χ0) is 14.5. The molecule has 1 aliphatic rings. The highest BCUT2D eigenvalue weighted by Crippen LogP contribution is 2.29. The Balaban J connectivity index is 2.08. The standard InChI is InChI=1S/C13H17ClN4O2/c1-15-13(20)18-12(16-7-8-2-3-8)17-11-5-4-9(19)6-10(11)14/h4-6,8,19H,2-3,7H2,1H3,(H3,15,16,17,18,20). The van der Waals surface area contributed by atoms with Gasteiger partial charge in [-0.05, 0) is 30.9 Å². The Labute approximate surface area is 122 Å². The topological polar surface area (TPSA) is 85.8 Å². The van der Waals surface area contributed by atoms with Gasteiger partial charge in [-0.25, -0.2) is 4.79 Å². The lowest BCUT2D eigenvalue weighted by molar-refractivity contribution is 0.247. The maximum absolute atomic E-state index is 11.4. The van der Waals surface area contributed by atoms with E-state index in [1.165, 1.54) is 32.0 Å². The summed E-state index contributed by atoms with van der Waals surface area (Å²) in [4.78, 5) is 15.7. The van der Waals surface area contributed by atoms with Crippen LogP contribution in [0.5, 0.6) is 5.75 Å². The molecule has 6 nitrogen and oxygen atoms in total. The Morgan fingerprint density at radius 1 is 1.50 bits per heavy atom. The van der Waals surface area contributed by atoms with E-state index in [1.54, 1.807) is 6.07 Å². The molecule has 4 N–H and O–H groups in total. The molecule has 1 fully saturated rings. The van der Waals surface area contributed by atoms with Gasteiger partial charge in [0.15, 0.2) is 0 Å². The fourth-order valence-corrected chi connectivity index (χ4v) is 1.76. The second-order valence-electron chi connectivity index (χ2n) is 4.63. The first-order chi connectivity index (χ1) is 9.58. The van der Waals surface area contributed by atoms with Gasteiger partial charge in [-0.2, -0.15) is 0 Å². The Kier molecular flexibility index (Phi) is 4.68. The first kappa shape index (κ1) is 14.5. The van der Waals surface area contributed by atoms with E-state index in [0.717, 1.165) is 0 Å². The molecule has 1 aliphatic carbocycles. The van der Waals surface area contributed by atoms with Crippen molar-refractivity contribution in [2.45, 2.75) is 12.8 Å². The minimum Gasteiger partial charge on any atom is -0.508 e. The summed E-state index contributed by atoms with van der Waals surface area (Å²) >= 11 is 6.01. The maximum Gasteiger partial charge on any atom is 0.321 e. The molecule has 1 saturated carbocycles. The summed E-state index contributed by atoms with van der Waals surface area (Å²) in [7, 11) is 1.53. The maximum atomic E-state index is 11.4. The molecule has 1 aromatic carbocycles. The number of anilines is 1. The van der Waals surface area contributed by atoms with Crippen molar-refractivity contribution in [3.8, 4) is 5.75 Å². The summed E-state index contributed by atoms with van der Waals surface area (Å²) < 4.78 is 0. The van der Waals surface area contributed by atoms with Crippen LogP contribution < -0.4 is 16.0 Å². The van der Waals surface area contributed by atoms with E-state index < -0.39 is 0 Å². The van der Waals surface area contributed by atoms with Crippen LogP contribution in [0.25, 0.3) is 0 Å². The molecule has 0 bridgehead atoms. The van der Waals surface area contributed by atoms with Crippen LogP contribution in [0.2, 0.25) is 5.02 Å². The molecule has 0 aromatic heterocycles. The minimum absolute atomic E-state index is 0.0799. The number of benzene rings is 1. The molecule has 7 heteroatoms. The SMILES string of the molecule is CNC(=O)NC(=NCC1CC1)Nc1ccc(O)cc1Cl. The summed E-state index contributed by atoms with van der Waals surface area (Å²) in [5.74, 6) is 1.02. The number of nitrogens with zero attached hydrogens (tertiary/aromatic N) is 1. The fourth-order valence-electron chi connectivity index (χ4n) is 1.53. The average Bonchev–Trinajstić information content (AvgIpc) is 3.23. The summed E-state index contributed by atoms with van der Waals surface area (Å²) in [5.41, 5.74) is 0.565. The number of hydrogen-bond acceptors (Lipinski definition) is 3. The largest absolute Gasteiger partial charge is 0.508 e. The predicted molar refractivity (Wildman–Crippen MR) is 79.4 cm³/mol. The third-order valence-electron chi connectivity index (χ3n) is 2.87. The molecule has 0 saturated heterocycles. The number of phenolic OH excluding ortho intramolecular Hbond substituents is 1. The van der Waals surface area contributed by atoms with Crippen LogP contribution in [0, 0.1) is 5.92 Å². The third kappa shape index (κ3) is 4.31. The van der Waals surface area contributed by atoms with E-state index in [9.17, 15) is 9.90 Å². The van der Waals surface area contributed by atoms with Gasteiger partial charge in [-0.15, -0.1) is 0 Å². The second-order valence-corrected chi connectivity index (χ2v) is 5.03. The van der Waals surface area contributed by atoms with Gasteiger partial charge in [0.2, 0.25) is 5.96 Å². The van der Waals surface area contributed by atoms with Crippen LogP contribution in [-0.2, 0) is 0 Å². The van der Waals surface area contributed by atoms with E-state index in [4.69, 9.17) is 11.6 Å². The van der Waals surface area contributed by atoms with Gasteiger partial charge in [-0.1, -0.05) is 11.6 Å². The van der Waals surface area contributed by atoms with Crippen molar-refractivity contribution in [2.24, 2.45) is 10.9 Å². The zero-order valence-electron chi connectivity index (χ0n) is 11.1. The second kappa shape index (κ2) is 6.47. The lowest BCUT2D eigenvalue weighted by atomic mass is 10.3. The lowest BCUT2D eigenvalue weighted by Crippen LogP contribution is -2.41. The number of halogens is 1. The van der Waals surface area contributed by atoms with Crippen LogP contribution in [0.3, 0.4) is 0 Å². The Morgan fingerprint density at radius 3 is 2.85 bits per heavy atom. The van der Waals surface area contributed by atoms with E-state index in [2.05, 4.69) is 20.9 Å². The lowest BCUT2D eigenvalue weighted by Gasteiger charge is -2.12. The van der Waals surface area contributed by atoms with Crippen molar-refractivity contribution >= 4 is 29.3 Å². The number of carbonyl (C=O) groups is 1. The van der Waals surface area contributed by atoms with Crippen molar-refractivity contribution in [3.63, 3.8) is 0 Å². The van der Waals surface area contributed by atoms with Crippen molar-refractivity contribution in [1.29, 1.82) is 0 Å².